The summed E-state index contributed by atoms with van der Waals surface area (Å²) in [4.78, 5) is 2.62. The molecule has 1 aliphatic carbocycles. The molecular weight excluding hydrogens is 366 g/mol. The molecule has 0 amide bonds. The molecule has 0 spiro atoms. The second-order valence-electron chi connectivity index (χ2n) is 9.65. The van der Waals surface area contributed by atoms with Crippen LogP contribution in [0.2, 0.25) is 0 Å². The molecule has 1 heterocycles. The van der Waals surface area contributed by atoms with Gasteiger partial charge >= 0.3 is 0 Å². The Balaban J connectivity index is 1.62. The molecule has 0 saturated heterocycles. The smallest absolute Gasteiger partial charge is 0.161 e. The van der Waals surface area contributed by atoms with E-state index in [2.05, 4.69) is 37.2 Å². The van der Waals surface area contributed by atoms with E-state index in [4.69, 9.17) is 4.74 Å². The molecule has 0 radical (unpaired) electrons. The second-order valence-corrected chi connectivity index (χ2v) is 10.7. The zero-order chi connectivity index (χ0) is 20.5. The standard InChI is InChI=1S/C24H35NO2S/c1-23(2,3)27-22-13-17(7-10-21(22)26)11-12-24(4,5)25-15-18-8-9-20(28-6)14-19(18)16-25/h7-10,13,20,26H,11-12,14-16H2,1-6H3. The first-order valence-electron chi connectivity index (χ1n) is 10.3. The number of benzene rings is 1. The Hall–Kier alpha value is -1.39. The molecule has 0 aromatic heterocycles. The summed E-state index contributed by atoms with van der Waals surface area (Å²) in [5, 5.41) is 10.8. The number of hydrogen-bond donors (Lipinski definition) is 1. The fourth-order valence-corrected chi connectivity index (χ4v) is 4.53. The van der Waals surface area contributed by atoms with Gasteiger partial charge in [-0.3, -0.25) is 4.90 Å². The fraction of sp³-hybridized carbons (Fsp3) is 0.583. The number of nitrogens with zero attached hydrogens (tertiary/aromatic N) is 1. The molecule has 2 aliphatic rings. The highest BCUT2D eigenvalue weighted by atomic mass is 32.2. The summed E-state index contributed by atoms with van der Waals surface area (Å²) in [6.45, 7) is 12.9. The van der Waals surface area contributed by atoms with Crippen molar-refractivity contribution >= 4 is 11.8 Å². The van der Waals surface area contributed by atoms with E-state index < -0.39 is 0 Å². The number of hydrogen-bond acceptors (Lipinski definition) is 4. The van der Waals surface area contributed by atoms with Crippen LogP contribution < -0.4 is 4.74 Å². The van der Waals surface area contributed by atoms with Crippen molar-refractivity contribution in [2.75, 3.05) is 19.3 Å². The molecule has 0 fully saturated rings. The molecule has 1 aliphatic heterocycles. The minimum Gasteiger partial charge on any atom is -0.504 e. The molecular formula is C24H35NO2S. The Kier molecular flexibility index (Phi) is 6.21. The first-order valence-corrected chi connectivity index (χ1v) is 11.5. The van der Waals surface area contributed by atoms with Crippen molar-refractivity contribution < 1.29 is 9.84 Å². The van der Waals surface area contributed by atoms with Gasteiger partial charge in [0, 0.05) is 23.9 Å². The Bertz CT molecular complexity index is 773. The quantitative estimate of drug-likeness (QED) is 0.674. The Labute approximate surface area is 174 Å². The lowest BCUT2D eigenvalue weighted by Gasteiger charge is -2.36. The van der Waals surface area contributed by atoms with E-state index in [1.807, 2.05) is 44.7 Å². The third kappa shape index (κ3) is 5.15. The third-order valence-corrected chi connectivity index (χ3v) is 6.71. The Morgan fingerprint density at radius 2 is 1.93 bits per heavy atom. The molecule has 1 aromatic rings. The van der Waals surface area contributed by atoms with Crippen LogP contribution in [0.3, 0.4) is 0 Å². The Morgan fingerprint density at radius 3 is 2.61 bits per heavy atom. The van der Waals surface area contributed by atoms with Crippen LogP contribution in [0.25, 0.3) is 0 Å². The van der Waals surface area contributed by atoms with E-state index in [0.29, 0.717) is 11.0 Å². The number of ether oxygens (including phenoxy) is 1. The SMILES string of the molecule is CSC1C=CC2=C(C1)CN(C(C)(C)CCc1ccc(O)c(OC(C)(C)C)c1)C2. The highest BCUT2D eigenvalue weighted by Gasteiger charge is 2.33. The molecule has 154 valence electrons. The van der Waals surface area contributed by atoms with Gasteiger partial charge in [-0.15, -0.1) is 0 Å². The van der Waals surface area contributed by atoms with Crippen LogP contribution in [0, 0.1) is 0 Å². The van der Waals surface area contributed by atoms with Gasteiger partial charge < -0.3 is 9.84 Å². The summed E-state index contributed by atoms with van der Waals surface area (Å²) in [5.74, 6) is 0.791. The zero-order valence-corrected chi connectivity index (χ0v) is 19.0. The number of phenolic OH excluding ortho intramolecular Hbond substituents is 1. The van der Waals surface area contributed by atoms with Crippen LogP contribution in [0.4, 0.5) is 0 Å². The van der Waals surface area contributed by atoms with Crippen LogP contribution in [0.5, 0.6) is 11.5 Å². The lowest BCUT2D eigenvalue weighted by Crippen LogP contribution is -2.43. The van der Waals surface area contributed by atoms with E-state index in [1.54, 1.807) is 11.6 Å². The average molecular weight is 402 g/mol. The number of rotatable bonds is 6. The lowest BCUT2D eigenvalue weighted by atomic mass is 9.93. The topological polar surface area (TPSA) is 32.7 Å². The molecule has 1 aromatic carbocycles. The normalized spacial score (nSPS) is 20.6. The van der Waals surface area contributed by atoms with Gasteiger partial charge in [-0.2, -0.15) is 11.8 Å². The second kappa shape index (κ2) is 8.16. The number of aryl methyl sites for hydroxylation is 1. The molecule has 4 heteroatoms. The summed E-state index contributed by atoms with van der Waals surface area (Å²) >= 11 is 1.95. The molecule has 3 rings (SSSR count). The first kappa shape index (κ1) is 21.3. The van der Waals surface area contributed by atoms with Gasteiger partial charge in [0.1, 0.15) is 5.60 Å². The minimum atomic E-state index is -0.322. The van der Waals surface area contributed by atoms with Crippen molar-refractivity contribution in [1.82, 2.24) is 4.90 Å². The zero-order valence-electron chi connectivity index (χ0n) is 18.2. The average Bonchev–Trinajstić information content (AvgIpc) is 3.05. The summed E-state index contributed by atoms with van der Waals surface area (Å²) in [6.07, 6.45) is 10.2. The highest BCUT2D eigenvalue weighted by molar-refractivity contribution is 7.99. The summed E-state index contributed by atoms with van der Waals surface area (Å²) in [7, 11) is 0. The maximum atomic E-state index is 10.1. The van der Waals surface area contributed by atoms with Crippen LogP contribution in [0.15, 0.2) is 41.5 Å². The third-order valence-electron chi connectivity index (χ3n) is 5.78. The van der Waals surface area contributed by atoms with Crippen LogP contribution >= 0.6 is 11.8 Å². The van der Waals surface area contributed by atoms with E-state index in [1.165, 1.54) is 17.6 Å². The van der Waals surface area contributed by atoms with Gasteiger partial charge in [-0.1, -0.05) is 23.8 Å². The lowest BCUT2D eigenvalue weighted by molar-refractivity contribution is 0.125. The van der Waals surface area contributed by atoms with E-state index in [9.17, 15) is 5.11 Å². The molecule has 3 nitrogen and oxygen atoms in total. The maximum Gasteiger partial charge on any atom is 0.161 e. The highest BCUT2D eigenvalue weighted by Crippen LogP contribution is 2.36. The van der Waals surface area contributed by atoms with Gasteiger partial charge in [-0.05, 0) is 83.4 Å². The monoisotopic (exact) mass is 401 g/mol. The summed E-state index contributed by atoms with van der Waals surface area (Å²) < 4.78 is 5.91. The fourth-order valence-electron chi connectivity index (χ4n) is 3.93. The van der Waals surface area contributed by atoms with Gasteiger partial charge in [0.2, 0.25) is 0 Å². The van der Waals surface area contributed by atoms with Crippen LogP contribution in [0.1, 0.15) is 53.0 Å². The minimum absolute atomic E-state index is 0.128. The van der Waals surface area contributed by atoms with Crippen LogP contribution in [-0.2, 0) is 6.42 Å². The van der Waals surface area contributed by atoms with E-state index >= 15 is 0 Å². The van der Waals surface area contributed by atoms with Crippen LogP contribution in [-0.4, -0.2) is 45.7 Å². The largest absolute Gasteiger partial charge is 0.504 e. The Morgan fingerprint density at radius 1 is 1.18 bits per heavy atom. The number of phenols is 1. The van der Waals surface area contributed by atoms with E-state index in [-0.39, 0.29) is 16.9 Å². The summed E-state index contributed by atoms with van der Waals surface area (Å²) in [6, 6.07) is 5.77. The predicted octanol–water partition coefficient (Wildman–Crippen LogP) is 5.58. The van der Waals surface area contributed by atoms with E-state index in [0.717, 1.165) is 25.9 Å². The maximum absolute atomic E-state index is 10.1. The molecule has 0 bridgehead atoms. The van der Waals surface area contributed by atoms with Crippen molar-refractivity contribution in [3.8, 4) is 11.5 Å². The van der Waals surface area contributed by atoms with Gasteiger partial charge in [0.05, 0.1) is 0 Å². The van der Waals surface area contributed by atoms with Gasteiger partial charge in [0.25, 0.3) is 0 Å². The van der Waals surface area contributed by atoms with Gasteiger partial charge in [-0.25, -0.2) is 0 Å². The first-order chi connectivity index (χ1) is 13.1. The van der Waals surface area contributed by atoms with Crippen molar-refractivity contribution in [3.05, 3.63) is 47.1 Å². The molecule has 1 unspecified atom stereocenters. The van der Waals surface area contributed by atoms with Crippen molar-refractivity contribution in [3.63, 3.8) is 0 Å². The molecule has 28 heavy (non-hydrogen) atoms. The molecule has 0 saturated carbocycles. The number of aromatic hydroxyl groups is 1. The summed E-state index contributed by atoms with van der Waals surface area (Å²) in [5.41, 5.74) is 4.18. The molecule has 1 N–H and O–H groups in total. The predicted molar refractivity (Wildman–Crippen MR) is 121 cm³/mol. The van der Waals surface area contributed by atoms with Crippen molar-refractivity contribution in [2.24, 2.45) is 0 Å². The number of thioether (sulfide) groups is 1. The van der Waals surface area contributed by atoms with Crippen molar-refractivity contribution in [1.29, 1.82) is 0 Å². The van der Waals surface area contributed by atoms with Gasteiger partial charge in [0.15, 0.2) is 11.5 Å². The van der Waals surface area contributed by atoms with Crippen molar-refractivity contribution in [2.45, 2.75) is 70.3 Å². The molecule has 1 atom stereocenters.